The van der Waals surface area contributed by atoms with Crippen molar-refractivity contribution < 1.29 is 0 Å². The Kier molecular flexibility index (Phi) is 7.42. The molecule has 0 unspecified atom stereocenters. The van der Waals surface area contributed by atoms with Gasteiger partial charge in [-0.05, 0) is 53.6 Å². The van der Waals surface area contributed by atoms with E-state index in [1.54, 1.807) is 0 Å². The molecule has 3 aromatic heterocycles. The van der Waals surface area contributed by atoms with Gasteiger partial charge >= 0.3 is 0 Å². The van der Waals surface area contributed by atoms with Crippen molar-refractivity contribution in [1.82, 2.24) is 24.1 Å². The van der Waals surface area contributed by atoms with E-state index in [9.17, 15) is 0 Å². The molecule has 56 heavy (non-hydrogen) atoms. The zero-order valence-electron chi connectivity index (χ0n) is 30.3. The summed E-state index contributed by atoms with van der Waals surface area (Å²) in [7, 11) is 0. The van der Waals surface area contributed by atoms with Gasteiger partial charge in [-0.2, -0.15) is 0 Å². The van der Waals surface area contributed by atoms with Gasteiger partial charge in [-0.25, -0.2) is 15.0 Å². The lowest BCUT2D eigenvalue weighted by molar-refractivity contribution is 1.07. The minimum absolute atomic E-state index is 0.621. The summed E-state index contributed by atoms with van der Waals surface area (Å²) in [6.45, 7) is 0. The van der Waals surface area contributed by atoms with Crippen LogP contribution in [0.3, 0.4) is 0 Å². The highest BCUT2D eigenvalue weighted by atomic mass is 15.1. The van der Waals surface area contributed by atoms with Crippen LogP contribution in [0.2, 0.25) is 0 Å². The fraction of sp³-hybridized carbons (Fsp3) is 0. The Morgan fingerprint density at radius 1 is 0.304 bits per heavy atom. The summed E-state index contributed by atoms with van der Waals surface area (Å²) < 4.78 is 4.84. The normalized spacial score (nSPS) is 11.6. The van der Waals surface area contributed by atoms with Gasteiger partial charge in [-0.1, -0.05) is 158 Å². The Balaban J connectivity index is 1.23. The van der Waals surface area contributed by atoms with Crippen molar-refractivity contribution in [2.24, 2.45) is 0 Å². The summed E-state index contributed by atoms with van der Waals surface area (Å²) in [6, 6.07) is 70.3. The van der Waals surface area contributed by atoms with Gasteiger partial charge in [0.05, 0.1) is 27.8 Å². The number of hydrogen-bond donors (Lipinski definition) is 0. The van der Waals surface area contributed by atoms with Crippen LogP contribution >= 0.6 is 0 Å². The smallest absolute Gasteiger partial charge is 0.166 e. The maximum Gasteiger partial charge on any atom is 0.166 e. The Labute approximate surface area is 323 Å². The molecule has 0 spiro atoms. The van der Waals surface area contributed by atoms with Gasteiger partial charge in [0.2, 0.25) is 0 Å². The number of rotatable bonds is 6. The second-order valence-electron chi connectivity index (χ2n) is 14.0. The van der Waals surface area contributed by atoms with Gasteiger partial charge in [-0.3, -0.25) is 0 Å². The molecule has 0 aliphatic rings. The predicted octanol–water partition coefficient (Wildman–Crippen LogP) is 12.7. The third-order valence-electron chi connectivity index (χ3n) is 10.8. The van der Waals surface area contributed by atoms with Crippen molar-refractivity contribution in [3.05, 3.63) is 200 Å². The van der Waals surface area contributed by atoms with Crippen LogP contribution in [0.5, 0.6) is 0 Å². The van der Waals surface area contributed by atoms with Gasteiger partial charge in [0.15, 0.2) is 17.5 Å². The molecule has 5 nitrogen and oxygen atoms in total. The number of nitrogens with zero attached hydrogens (tertiary/aromatic N) is 5. The molecule has 0 amide bonds. The standard InChI is InChI=1S/C51H33N5/c1-5-17-34(18-6-1)37-31-32-45-43(33-37)39-25-13-14-29-44(39)56(45)46-30-16-27-41-40-26-15-28-42(47(40)55(48(41)46)38-23-11-4-12-24-38)51-53-49(35-19-7-2-8-20-35)52-50(54-51)36-21-9-3-10-22-36/h1-33H. The molecule has 11 rings (SSSR count). The largest absolute Gasteiger partial charge is 0.307 e. The Morgan fingerprint density at radius 3 is 1.50 bits per heavy atom. The second-order valence-corrected chi connectivity index (χ2v) is 14.0. The third-order valence-corrected chi connectivity index (χ3v) is 10.8. The number of fused-ring (bicyclic) bond motifs is 6. The van der Waals surface area contributed by atoms with E-state index in [0.717, 1.165) is 60.9 Å². The van der Waals surface area contributed by atoms with E-state index >= 15 is 0 Å². The highest BCUT2D eigenvalue weighted by molar-refractivity contribution is 6.17. The van der Waals surface area contributed by atoms with Gasteiger partial charge in [0, 0.05) is 43.9 Å². The second kappa shape index (κ2) is 13.0. The van der Waals surface area contributed by atoms with Crippen LogP contribution in [0.25, 0.3) is 100 Å². The van der Waals surface area contributed by atoms with Crippen molar-refractivity contribution in [3.8, 4) is 56.7 Å². The molecule has 3 heterocycles. The number of aromatic nitrogens is 5. The highest BCUT2D eigenvalue weighted by Gasteiger charge is 2.23. The first-order valence-electron chi connectivity index (χ1n) is 18.9. The average Bonchev–Trinajstić information content (AvgIpc) is 3.80. The predicted molar refractivity (Wildman–Crippen MR) is 230 cm³/mol. The molecular formula is C51H33N5. The molecule has 11 aromatic rings. The summed E-state index contributed by atoms with van der Waals surface area (Å²) in [6.07, 6.45) is 0. The Bertz CT molecular complexity index is 3160. The first-order chi connectivity index (χ1) is 27.8. The molecule has 0 saturated heterocycles. The number of hydrogen-bond acceptors (Lipinski definition) is 3. The minimum Gasteiger partial charge on any atom is -0.307 e. The Hall–Kier alpha value is -7.63. The summed E-state index contributed by atoms with van der Waals surface area (Å²) in [5, 5.41) is 4.70. The zero-order chi connectivity index (χ0) is 37.0. The average molecular weight is 716 g/mol. The van der Waals surface area contributed by atoms with Crippen molar-refractivity contribution in [2.45, 2.75) is 0 Å². The van der Waals surface area contributed by atoms with Crippen molar-refractivity contribution >= 4 is 43.6 Å². The molecule has 0 N–H and O–H groups in total. The van der Waals surface area contributed by atoms with E-state index in [1.165, 1.54) is 21.9 Å². The summed E-state index contributed by atoms with van der Waals surface area (Å²) in [4.78, 5) is 15.4. The SMILES string of the molecule is c1ccc(-c2ccc3c(c2)c2ccccc2n3-c2cccc3c4cccc(-c5nc(-c6ccccc6)nc(-c6ccccc6)n5)c4n(-c4ccccc4)c23)cc1. The fourth-order valence-corrected chi connectivity index (χ4v) is 8.27. The van der Waals surface area contributed by atoms with E-state index < -0.39 is 0 Å². The van der Waals surface area contributed by atoms with Gasteiger partial charge in [-0.15, -0.1) is 0 Å². The summed E-state index contributed by atoms with van der Waals surface area (Å²) in [5.41, 5.74) is 11.8. The van der Waals surface area contributed by atoms with Crippen molar-refractivity contribution in [2.75, 3.05) is 0 Å². The zero-order valence-corrected chi connectivity index (χ0v) is 30.3. The highest BCUT2D eigenvalue weighted by Crippen LogP contribution is 2.43. The lowest BCUT2D eigenvalue weighted by Crippen LogP contribution is -2.03. The van der Waals surface area contributed by atoms with Gasteiger partial charge in [0.25, 0.3) is 0 Å². The molecule has 0 radical (unpaired) electrons. The molecule has 0 fully saturated rings. The maximum atomic E-state index is 5.20. The van der Waals surface area contributed by atoms with Crippen LogP contribution in [0.15, 0.2) is 200 Å². The van der Waals surface area contributed by atoms with Crippen molar-refractivity contribution in [3.63, 3.8) is 0 Å². The maximum absolute atomic E-state index is 5.20. The molecule has 8 aromatic carbocycles. The topological polar surface area (TPSA) is 48.5 Å². The lowest BCUT2D eigenvalue weighted by Gasteiger charge is -2.15. The monoisotopic (exact) mass is 715 g/mol. The molecule has 0 atom stereocenters. The van der Waals surface area contributed by atoms with Crippen LogP contribution in [0.1, 0.15) is 0 Å². The van der Waals surface area contributed by atoms with Crippen LogP contribution in [0.4, 0.5) is 0 Å². The summed E-state index contributed by atoms with van der Waals surface area (Å²) >= 11 is 0. The minimum atomic E-state index is 0.621. The molecule has 5 heteroatoms. The molecule has 0 aliphatic carbocycles. The molecule has 0 saturated carbocycles. The van der Waals surface area contributed by atoms with Crippen LogP contribution < -0.4 is 0 Å². The molecule has 262 valence electrons. The first-order valence-corrected chi connectivity index (χ1v) is 18.9. The lowest BCUT2D eigenvalue weighted by atomic mass is 10.0. The number of para-hydroxylation sites is 4. The number of benzene rings is 8. The first kappa shape index (κ1) is 31.9. The molecule has 0 bridgehead atoms. The quantitative estimate of drug-likeness (QED) is 0.172. The Morgan fingerprint density at radius 2 is 0.821 bits per heavy atom. The molecule has 0 aliphatic heterocycles. The van der Waals surface area contributed by atoms with E-state index in [0.29, 0.717) is 17.5 Å². The van der Waals surface area contributed by atoms with Gasteiger partial charge in [0.1, 0.15) is 0 Å². The van der Waals surface area contributed by atoms with Crippen LogP contribution in [-0.2, 0) is 0 Å². The van der Waals surface area contributed by atoms with Crippen LogP contribution in [0, 0.1) is 0 Å². The van der Waals surface area contributed by atoms with Gasteiger partial charge < -0.3 is 9.13 Å². The summed E-state index contributed by atoms with van der Waals surface area (Å²) in [5.74, 6) is 1.89. The van der Waals surface area contributed by atoms with E-state index in [4.69, 9.17) is 15.0 Å². The van der Waals surface area contributed by atoms with Crippen LogP contribution in [-0.4, -0.2) is 24.1 Å². The molecular weight excluding hydrogens is 683 g/mol. The van der Waals surface area contributed by atoms with E-state index in [-0.39, 0.29) is 0 Å². The van der Waals surface area contributed by atoms with Crippen molar-refractivity contribution in [1.29, 1.82) is 0 Å². The van der Waals surface area contributed by atoms with E-state index in [1.807, 2.05) is 36.4 Å². The fourth-order valence-electron chi connectivity index (χ4n) is 8.27. The third kappa shape index (κ3) is 5.13. The van der Waals surface area contributed by atoms with E-state index in [2.05, 4.69) is 173 Å².